The van der Waals surface area contributed by atoms with Gasteiger partial charge < -0.3 is 43.7 Å². The van der Waals surface area contributed by atoms with Gasteiger partial charge in [0, 0.05) is 52.5 Å². The van der Waals surface area contributed by atoms with Crippen LogP contribution in [0.3, 0.4) is 0 Å². The number of aromatic hydroxyl groups is 3. The summed E-state index contributed by atoms with van der Waals surface area (Å²) < 4.78 is 32.7. The first kappa shape index (κ1) is 48.9. The van der Waals surface area contributed by atoms with Gasteiger partial charge in [-0.25, -0.2) is 14.4 Å². The quantitative estimate of drug-likeness (QED) is 0.0797. The molecule has 0 atom stereocenters. The van der Waals surface area contributed by atoms with Gasteiger partial charge in [-0.1, -0.05) is 78.5 Å². The fourth-order valence-electron chi connectivity index (χ4n) is 6.81. The van der Waals surface area contributed by atoms with Crippen LogP contribution in [0.5, 0.6) is 34.5 Å². The predicted molar refractivity (Wildman–Crippen MR) is 246 cm³/mol. The van der Waals surface area contributed by atoms with Gasteiger partial charge in [-0.2, -0.15) is 0 Å². The lowest BCUT2D eigenvalue weighted by atomic mass is 9.96. The first-order chi connectivity index (χ1) is 28.3. The molecule has 3 aliphatic rings. The first-order valence-corrected chi connectivity index (χ1v) is 32.1. The van der Waals surface area contributed by atoms with Crippen molar-refractivity contribution in [3.8, 4) is 34.5 Å². The van der Waals surface area contributed by atoms with E-state index >= 15 is 0 Å². The molecule has 0 radical (unpaired) electrons. The molecule has 3 aromatic carbocycles. The molecule has 61 heavy (non-hydrogen) atoms. The van der Waals surface area contributed by atoms with Gasteiger partial charge in [0.2, 0.25) is 0 Å². The number of hydrogen-bond acceptors (Lipinski definition) is 12. The molecule has 6 rings (SSSR count). The molecule has 0 aromatic heterocycles. The van der Waals surface area contributed by atoms with Crippen LogP contribution in [0.2, 0.25) is 77.1 Å². The Labute approximate surface area is 364 Å². The molecule has 0 unspecified atom stereocenters. The second kappa shape index (κ2) is 19.5. The Hall–Kier alpha value is -4.74. The van der Waals surface area contributed by atoms with Crippen molar-refractivity contribution in [2.24, 2.45) is 0 Å². The lowest BCUT2D eigenvalue weighted by Gasteiger charge is -2.20. The van der Waals surface area contributed by atoms with Crippen molar-refractivity contribution < 1.29 is 58.1 Å². The molecular weight excluding hydrogens is 829 g/mol. The average Bonchev–Trinajstić information content (AvgIpc) is 3.86. The number of carbonyl (C=O) groups is 3. The van der Waals surface area contributed by atoms with Crippen LogP contribution >= 0.6 is 0 Å². The van der Waals surface area contributed by atoms with E-state index in [1.165, 1.54) is 12.1 Å². The predicted octanol–water partition coefficient (Wildman–Crippen LogP) is 10.5. The van der Waals surface area contributed by atoms with Crippen LogP contribution in [0.25, 0.3) is 6.08 Å². The highest BCUT2D eigenvalue weighted by Gasteiger charge is 2.34. The van der Waals surface area contributed by atoms with Gasteiger partial charge in [0.05, 0.1) is 25.4 Å². The van der Waals surface area contributed by atoms with Crippen molar-refractivity contribution >= 4 is 48.2 Å². The van der Waals surface area contributed by atoms with Crippen LogP contribution in [0.15, 0.2) is 12.6 Å². The van der Waals surface area contributed by atoms with Gasteiger partial charge in [-0.05, 0) is 62.0 Å². The second-order valence-electron chi connectivity index (χ2n) is 19.3. The van der Waals surface area contributed by atoms with E-state index in [1.807, 2.05) is 13.8 Å². The molecular formula is C46H66O12Si3. The number of ether oxygens (including phenoxy) is 6. The minimum Gasteiger partial charge on any atom is -0.508 e. The van der Waals surface area contributed by atoms with E-state index in [1.54, 1.807) is 13.8 Å². The number of fused-ring (bicyclic) bond motifs is 3. The molecule has 334 valence electrons. The molecule has 3 aromatic rings. The highest BCUT2D eigenvalue weighted by atomic mass is 28.3. The molecule has 3 aliphatic heterocycles. The number of phenols is 3. The minimum absolute atomic E-state index is 0.116. The molecule has 3 heterocycles. The van der Waals surface area contributed by atoms with Gasteiger partial charge in [0.25, 0.3) is 0 Å². The van der Waals surface area contributed by atoms with Crippen molar-refractivity contribution in [1.82, 2.24) is 0 Å². The normalized spacial score (nSPS) is 14.0. The van der Waals surface area contributed by atoms with Crippen molar-refractivity contribution in [1.29, 1.82) is 0 Å². The Morgan fingerprint density at radius 3 is 1.44 bits per heavy atom. The molecule has 0 saturated carbocycles. The summed E-state index contributed by atoms with van der Waals surface area (Å²) in [5.41, 5.74) is 6.91. The number of hydrogen-bond donors (Lipinski definition) is 3. The third kappa shape index (κ3) is 11.8. The molecule has 12 nitrogen and oxygen atoms in total. The zero-order valence-electron chi connectivity index (χ0n) is 38.4. The molecule has 0 saturated heterocycles. The Bertz CT molecular complexity index is 2170. The molecule has 0 spiro atoms. The summed E-state index contributed by atoms with van der Waals surface area (Å²) in [7, 11) is -3.63. The van der Waals surface area contributed by atoms with E-state index in [9.17, 15) is 29.7 Å². The molecule has 15 heteroatoms. The van der Waals surface area contributed by atoms with E-state index in [0.717, 1.165) is 34.8 Å². The Morgan fingerprint density at radius 1 is 0.607 bits per heavy atom. The maximum absolute atomic E-state index is 12.0. The topological polar surface area (TPSA) is 167 Å². The van der Waals surface area contributed by atoms with Gasteiger partial charge in [0.1, 0.15) is 71.0 Å². The highest BCUT2D eigenvalue weighted by Crippen LogP contribution is 2.44. The Morgan fingerprint density at radius 2 is 1.00 bits per heavy atom. The maximum atomic E-state index is 12.0. The standard InChI is InChI=1S/C16H24O4Si.C16H22O4Si.C14H20O4Si/c2*1-6-11-14(17)10(2)12-9-20-16(18)13(12)15(11)19-7-8-21(3,4)5;1-9-10-8-18-14(16)13(10)12(7-11(9)15)17-5-6-19(2,3)4/h17H,6-9H2,1-5H3;6,17H,1,7-9H2,2-5H3;7,15H,5-6,8H2,1-4H3. The van der Waals surface area contributed by atoms with E-state index in [2.05, 4.69) is 65.5 Å². The fourth-order valence-corrected chi connectivity index (χ4v) is 8.96. The van der Waals surface area contributed by atoms with Crippen molar-refractivity contribution in [2.75, 3.05) is 19.8 Å². The smallest absolute Gasteiger partial charge is 0.342 e. The summed E-state index contributed by atoms with van der Waals surface area (Å²) in [6.07, 6.45) is 2.15. The largest absolute Gasteiger partial charge is 0.508 e. The Kier molecular flexibility index (Phi) is 15.7. The van der Waals surface area contributed by atoms with E-state index in [-0.39, 0.29) is 55.0 Å². The number of esters is 3. The average molecular weight is 895 g/mol. The lowest BCUT2D eigenvalue weighted by Crippen LogP contribution is -2.23. The third-order valence-electron chi connectivity index (χ3n) is 10.9. The van der Waals surface area contributed by atoms with Crippen molar-refractivity contribution in [2.45, 2.75) is 131 Å². The first-order valence-electron chi connectivity index (χ1n) is 20.9. The monoisotopic (exact) mass is 894 g/mol. The molecule has 0 fully saturated rings. The van der Waals surface area contributed by atoms with Gasteiger partial charge in [-0.3, -0.25) is 0 Å². The zero-order valence-corrected chi connectivity index (χ0v) is 41.4. The lowest BCUT2D eigenvalue weighted by molar-refractivity contribution is 0.0523. The van der Waals surface area contributed by atoms with Crippen LogP contribution in [-0.2, 0) is 40.5 Å². The summed E-state index contributed by atoms with van der Waals surface area (Å²) in [5, 5.41) is 30.5. The Balaban J connectivity index is 0.000000202. The van der Waals surface area contributed by atoms with Gasteiger partial charge >= 0.3 is 17.9 Å². The minimum atomic E-state index is -1.24. The second-order valence-corrected chi connectivity index (χ2v) is 36.2. The molecule has 0 bridgehead atoms. The fraction of sp³-hybridized carbons (Fsp3) is 0.500. The molecule has 3 N–H and O–H groups in total. The van der Waals surface area contributed by atoms with Gasteiger partial charge in [-0.15, -0.1) is 0 Å². The van der Waals surface area contributed by atoms with Gasteiger partial charge in [0.15, 0.2) is 0 Å². The molecule has 0 amide bonds. The van der Waals surface area contributed by atoms with E-state index in [4.69, 9.17) is 28.4 Å². The van der Waals surface area contributed by atoms with E-state index < -0.39 is 24.2 Å². The van der Waals surface area contributed by atoms with Crippen LogP contribution in [0, 0.1) is 20.8 Å². The van der Waals surface area contributed by atoms with E-state index in [0.29, 0.717) is 88.0 Å². The SMILES string of the molecule is C=Cc1c(O)c(C)c2c(c1OCC[Si](C)(C)C)C(=O)OC2.CCc1c(O)c(C)c2c(c1OCC[Si](C)(C)C)C(=O)OC2.Cc1c(O)cc(OCC[Si](C)(C)C)c2c1COC2=O. The summed E-state index contributed by atoms with van der Waals surface area (Å²) in [6, 6.07) is 4.51. The van der Waals surface area contributed by atoms with Crippen molar-refractivity contribution in [3.63, 3.8) is 0 Å². The van der Waals surface area contributed by atoms with Crippen molar-refractivity contribution in [3.05, 3.63) is 73.8 Å². The number of cyclic esters (lactones) is 3. The van der Waals surface area contributed by atoms with Crippen LogP contribution in [-0.4, -0.2) is 77.3 Å². The highest BCUT2D eigenvalue weighted by molar-refractivity contribution is 6.76. The van der Waals surface area contributed by atoms with Crippen LogP contribution in [0.1, 0.15) is 82.5 Å². The van der Waals surface area contributed by atoms with Crippen LogP contribution in [0.4, 0.5) is 0 Å². The number of rotatable bonds is 14. The maximum Gasteiger partial charge on any atom is 0.342 e. The summed E-state index contributed by atoms with van der Waals surface area (Å²) >= 11 is 0. The van der Waals surface area contributed by atoms with Crippen LogP contribution < -0.4 is 14.2 Å². The number of phenolic OH excluding ortho intramolecular Hbond substituents is 3. The summed E-state index contributed by atoms with van der Waals surface area (Å²) in [6.45, 7) is 33.8. The third-order valence-corrected chi connectivity index (χ3v) is 16.0. The number of carbonyl (C=O) groups excluding carboxylic acids is 3. The summed E-state index contributed by atoms with van der Waals surface area (Å²) in [5.74, 6) is 0.785. The molecule has 0 aliphatic carbocycles. The number of benzene rings is 3. The zero-order chi connectivity index (χ0) is 45.8. The summed E-state index contributed by atoms with van der Waals surface area (Å²) in [4.78, 5) is 35.7.